The van der Waals surface area contributed by atoms with Crippen LogP contribution in [0.15, 0.2) is 24.3 Å². The van der Waals surface area contributed by atoms with Crippen molar-refractivity contribution in [2.45, 2.75) is 25.2 Å². The molecule has 24 heavy (non-hydrogen) atoms. The molecule has 1 saturated heterocycles. The number of fused-ring (bicyclic) bond motifs is 1. The van der Waals surface area contributed by atoms with E-state index in [1.165, 1.54) is 12.1 Å². The Hall–Kier alpha value is -2.10. The fraction of sp³-hybridized carbons (Fsp3) is 0.429. The summed E-state index contributed by atoms with van der Waals surface area (Å²) < 4.78 is 63.0. The van der Waals surface area contributed by atoms with Crippen LogP contribution in [0.2, 0.25) is 0 Å². The highest BCUT2D eigenvalue weighted by Gasteiger charge is 2.38. The Morgan fingerprint density at radius 3 is 2.67 bits per heavy atom. The molecule has 1 fully saturated rings. The molecule has 1 atom stereocenters. The zero-order valence-electron chi connectivity index (χ0n) is 12.4. The number of nitrogens with one attached hydrogen (secondary N) is 1. The number of carbonyl (C=O) groups excluding carboxylic acids is 1. The maximum atomic E-state index is 13.1. The van der Waals surface area contributed by atoms with Gasteiger partial charge in [0.2, 0.25) is 11.7 Å². The molecule has 1 N–H and O–H groups in total. The number of rotatable bonds is 3. The summed E-state index contributed by atoms with van der Waals surface area (Å²) in [7, 11) is -3.18. The van der Waals surface area contributed by atoms with Gasteiger partial charge < -0.3 is 9.88 Å². The van der Waals surface area contributed by atoms with E-state index in [1.807, 2.05) is 0 Å². The third-order valence-corrected chi connectivity index (χ3v) is 5.58. The number of amides is 1. The molecule has 6 nitrogen and oxygen atoms in total. The zero-order valence-corrected chi connectivity index (χ0v) is 13.2. The first-order valence-electron chi connectivity index (χ1n) is 7.18. The molecular formula is C14H14F3N3O3S. The van der Waals surface area contributed by atoms with Crippen LogP contribution in [0, 0.1) is 0 Å². The molecule has 130 valence electrons. The Balaban J connectivity index is 1.85. The van der Waals surface area contributed by atoms with Gasteiger partial charge in [0.1, 0.15) is 6.54 Å². The van der Waals surface area contributed by atoms with E-state index in [0.717, 1.165) is 4.57 Å². The van der Waals surface area contributed by atoms with Gasteiger partial charge in [-0.05, 0) is 18.6 Å². The van der Waals surface area contributed by atoms with Crippen LogP contribution >= 0.6 is 0 Å². The van der Waals surface area contributed by atoms with Gasteiger partial charge in [-0.1, -0.05) is 12.1 Å². The predicted molar refractivity (Wildman–Crippen MR) is 79.9 cm³/mol. The molecule has 2 aromatic rings. The Morgan fingerprint density at radius 2 is 2.04 bits per heavy atom. The first kappa shape index (κ1) is 16.7. The van der Waals surface area contributed by atoms with E-state index < -0.39 is 40.3 Å². The third kappa shape index (κ3) is 3.37. The van der Waals surface area contributed by atoms with Crippen molar-refractivity contribution in [1.82, 2.24) is 14.9 Å². The molecule has 0 aliphatic carbocycles. The number of benzene rings is 1. The monoisotopic (exact) mass is 361 g/mol. The fourth-order valence-corrected chi connectivity index (χ4v) is 4.45. The number of halogens is 3. The number of para-hydroxylation sites is 2. The van der Waals surface area contributed by atoms with E-state index in [-0.39, 0.29) is 29.0 Å². The predicted octanol–water partition coefficient (Wildman–Crippen LogP) is 1.36. The summed E-state index contributed by atoms with van der Waals surface area (Å²) in [6, 6.07) is 5.44. The number of imidazole rings is 1. The third-order valence-electron chi connectivity index (χ3n) is 3.81. The number of hydrogen-bond acceptors (Lipinski definition) is 4. The van der Waals surface area contributed by atoms with Gasteiger partial charge in [0.15, 0.2) is 9.84 Å². The normalized spacial score (nSPS) is 20.4. The van der Waals surface area contributed by atoms with Crippen LogP contribution in [-0.2, 0) is 27.4 Å². The number of carbonyl (C=O) groups is 1. The average molecular weight is 361 g/mol. The topological polar surface area (TPSA) is 81.1 Å². The number of hydrogen-bond donors (Lipinski definition) is 1. The van der Waals surface area contributed by atoms with Crippen molar-refractivity contribution in [3.8, 4) is 0 Å². The van der Waals surface area contributed by atoms with Gasteiger partial charge in [-0.15, -0.1) is 0 Å². The summed E-state index contributed by atoms with van der Waals surface area (Å²) in [6.07, 6.45) is -4.43. The van der Waals surface area contributed by atoms with Crippen molar-refractivity contribution in [2.24, 2.45) is 0 Å². The number of alkyl halides is 3. The highest BCUT2D eigenvalue weighted by atomic mass is 32.2. The molecule has 0 bridgehead atoms. The summed E-state index contributed by atoms with van der Waals surface area (Å²) in [5.74, 6) is -2.04. The minimum absolute atomic E-state index is 0.0280. The number of nitrogens with zero attached hydrogens (tertiary/aromatic N) is 2. The molecule has 0 unspecified atom stereocenters. The van der Waals surface area contributed by atoms with Gasteiger partial charge in [0.25, 0.3) is 0 Å². The molecule has 3 rings (SSSR count). The lowest BCUT2D eigenvalue weighted by atomic mass is 10.2. The molecule has 1 aromatic heterocycles. The summed E-state index contributed by atoms with van der Waals surface area (Å²) in [5.41, 5.74) is 0.333. The van der Waals surface area contributed by atoms with E-state index in [0.29, 0.717) is 0 Å². The van der Waals surface area contributed by atoms with Gasteiger partial charge in [-0.2, -0.15) is 13.2 Å². The van der Waals surface area contributed by atoms with E-state index in [4.69, 9.17) is 0 Å². The standard InChI is InChI=1S/C14H14F3N3O3S/c15-14(16,17)13-19-10-3-1-2-4-11(10)20(13)7-12(21)18-9-5-6-24(22,23)8-9/h1-4,9H,5-8H2,(H,18,21)/t9-/m0/s1. The quantitative estimate of drug-likeness (QED) is 0.895. The molecule has 0 spiro atoms. The van der Waals surface area contributed by atoms with Crippen molar-refractivity contribution >= 4 is 26.8 Å². The van der Waals surface area contributed by atoms with Gasteiger partial charge in [0, 0.05) is 6.04 Å². The lowest BCUT2D eigenvalue weighted by Crippen LogP contribution is -2.38. The summed E-state index contributed by atoms with van der Waals surface area (Å²) in [4.78, 5) is 15.6. The minimum atomic E-state index is -4.70. The Morgan fingerprint density at radius 1 is 1.33 bits per heavy atom. The van der Waals surface area contributed by atoms with Crippen molar-refractivity contribution in [3.63, 3.8) is 0 Å². The van der Waals surface area contributed by atoms with Crippen LogP contribution in [0.4, 0.5) is 13.2 Å². The smallest absolute Gasteiger partial charge is 0.351 e. The first-order valence-corrected chi connectivity index (χ1v) is 9.00. The molecular weight excluding hydrogens is 347 g/mol. The molecule has 0 radical (unpaired) electrons. The second-order valence-electron chi connectivity index (χ2n) is 5.68. The van der Waals surface area contributed by atoms with Crippen LogP contribution in [0.3, 0.4) is 0 Å². The lowest BCUT2D eigenvalue weighted by Gasteiger charge is -2.14. The average Bonchev–Trinajstić information content (AvgIpc) is 2.99. The van der Waals surface area contributed by atoms with E-state index in [2.05, 4.69) is 10.3 Å². The summed E-state index contributed by atoms with van der Waals surface area (Å²) in [6.45, 7) is -0.577. The molecule has 2 heterocycles. The van der Waals surface area contributed by atoms with E-state index >= 15 is 0 Å². The summed E-state index contributed by atoms with van der Waals surface area (Å²) >= 11 is 0. The zero-order chi connectivity index (χ0) is 17.5. The molecule has 10 heteroatoms. The maximum absolute atomic E-state index is 13.1. The second-order valence-corrected chi connectivity index (χ2v) is 7.90. The van der Waals surface area contributed by atoms with Crippen molar-refractivity contribution < 1.29 is 26.4 Å². The lowest BCUT2D eigenvalue weighted by molar-refractivity contribution is -0.147. The summed E-state index contributed by atoms with van der Waals surface area (Å²) in [5, 5.41) is 2.48. The number of sulfone groups is 1. The fourth-order valence-electron chi connectivity index (χ4n) is 2.78. The van der Waals surface area contributed by atoms with Crippen LogP contribution in [-0.4, -0.2) is 41.4 Å². The minimum Gasteiger partial charge on any atom is -0.351 e. The maximum Gasteiger partial charge on any atom is 0.449 e. The Kier molecular flexibility index (Phi) is 4.02. The Labute approximate surface area is 135 Å². The van der Waals surface area contributed by atoms with Crippen LogP contribution in [0.25, 0.3) is 11.0 Å². The molecule has 1 aromatic carbocycles. The molecule has 1 aliphatic rings. The van der Waals surface area contributed by atoms with Crippen LogP contribution in [0.1, 0.15) is 12.2 Å². The molecule has 0 saturated carbocycles. The second kappa shape index (κ2) is 5.76. The number of aromatic nitrogens is 2. The van der Waals surface area contributed by atoms with E-state index in [1.54, 1.807) is 12.1 Å². The Bertz CT molecular complexity index is 890. The van der Waals surface area contributed by atoms with Gasteiger partial charge >= 0.3 is 6.18 Å². The van der Waals surface area contributed by atoms with Crippen molar-refractivity contribution in [1.29, 1.82) is 0 Å². The first-order chi connectivity index (χ1) is 11.2. The molecule has 1 amide bonds. The van der Waals surface area contributed by atoms with Crippen molar-refractivity contribution in [2.75, 3.05) is 11.5 Å². The van der Waals surface area contributed by atoms with Gasteiger partial charge in [-0.25, -0.2) is 13.4 Å². The van der Waals surface area contributed by atoms with Crippen LogP contribution < -0.4 is 5.32 Å². The highest BCUT2D eigenvalue weighted by Crippen LogP contribution is 2.31. The van der Waals surface area contributed by atoms with Gasteiger partial charge in [-0.3, -0.25) is 4.79 Å². The van der Waals surface area contributed by atoms with Gasteiger partial charge in [0.05, 0.1) is 22.5 Å². The SMILES string of the molecule is O=C(Cn1c(C(F)(F)F)nc2ccccc21)N[C@H]1CCS(=O)(=O)C1. The van der Waals surface area contributed by atoms with Crippen molar-refractivity contribution in [3.05, 3.63) is 30.1 Å². The van der Waals surface area contributed by atoms with Crippen LogP contribution in [0.5, 0.6) is 0 Å². The molecule has 1 aliphatic heterocycles. The highest BCUT2D eigenvalue weighted by molar-refractivity contribution is 7.91. The largest absolute Gasteiger partial charge is 0.449 e. The van der Waals surface area contributed by atoms with E-state index in [9.17, 15) is 26.4 Å².